The van der Waals surface area contributed by atoms with Crippen LogP contribution in [0.1, 0.15) is 23.7 Å². The van der Waals surface area contributed by atoms with Gasteiger partial charge in [-0.2, -0.15) is 0 Å². The van der Waals surface area contributed by atoms with Crippen LogP contribution in [0.3, 0.4) is 0 Å². The summed E-state index contributed by atoms with van der Waals surface area (Å²) in [6.07, 6.45) is 5.64. The maximum Gasteiger partial charge on any atom is 0.339 e. The molecule has 1 aliphatic rings. The zero-order chi connectivity index (χ0) is 16.7. The third-order valence-electron chi connectivity index (χ3n) is 4.64. The molecule has 3 nitrogen and oxygen atoms in total. The van der Waals surface area contributed by atoms with Gasteiger partial charge in [-0.25, -0.2) is 4.79 Å². The van der Waals surface area contributed by atoms with Crippen molar-refractivity contribution in [3.8, 4) is 5.69 Å². The van der Waals surface area contributed by atoms with E-state index >= 15 is 0 Å². The van der Waals surface area contributed by atoms with Crippen molar-refractivity contribution in [2.75, 3.05) is 7.11 Å². The normalized spacial score (nSPS) is 16.2. The maximum atomic E-state index is 12.2. The fourth-order valence-electron chi connectivity index (χ4n) is 3.52. The zero-order valence-electron chi connectivity index (χ0n) is 13.8. The van der Waals surface area contributed by atoms with E-state index in [0.717, 1.165) is 23.0 Å². The molecule has 1 heterocycles. The molecule has 4 rings (SSSR count). The van der Waals surface area contributed by atoms with Crippen molar-refractivity contribution in [1.29, 1.82) is 0 Å². The van der Waals surface area contributed by atoms with E-state index in [1.165, 1.54) is 17.7 Å². The molecule has 0 bridgehead atoms. The van der Waals surface area contributed by atoms with Crippen molar-refractivity contribution in [1.82, 2.24) is 4.57 Å². The second kappa shape index (κ2) is 5.68. The second-order valence-corrected chi connectivity index (χ2v) is 6.24. The molecule has 0 saturated heterocycles. The van der Waals surface area contributed by atoms with Gasteiger partial charge in [0.1, 0.15) is 0 Å². The summed E-state index contributed by atoms with van der Waals surface area (Å²) in [4.78, 5) is 12.2. The lowest BCUT2D eigenvalue weighted by atomic mass is 10.0. The molecule has 1 unspecified atom stereocenters. The monoisotopic (exact) mass is 317 g/mol. The molecule has 1 aliphatic carbocycles. The predicted molar refractivity (Wildman–Crippen MR) is 96.6 cm³/mol. The van der Waals surface area contributed by atoms with Crippen LogP contribution in [-0.2, 0) is 4.74 Å². The SMILES string of the molecule is COC(=O)c1ccccc1-n1c2c(c3ccccc31)=CCC(C)C=2. The molecular formula is C21H19NO2. The van der Waals surface area contributed by atoms with Crippen LogP contribution in [0.2, 0.25) is 0 Å². The van der Waals surface area contributed by atoms with E-state index in [-0.39, 0.29) is 5.97 Å². The van der Waals surface area contributed by atoms with Crippen LogP contribution in [0, 0.1) is 5.92 Å². The van der Waals surface area contributed by atoms with Crippen molar-refractivity contribution < 1.29 is 9.53 Å². The fraction of sp³-hybridized carbons (Fsp3) is 0.190. The number of nitrogens with zero attached hydrogens (tertiary/aromatic N) is 1. The predicted octanol–water partition coefficient (Wildman–Crippen LogP) is 3.02. The molecule has 0 amide bonds. The number of aromatic nitrogens is 1. The average Bonchev–Trinajstić information content (AvgIpc) is 2.94. The lowest BCUT2D eigenvalue weighted by molar-refractivity contribution is 0.0601. The minimum absolute atomic E-state index is 0.315. The molecule has 24 heavy (non-hydrogen) atoms. The minimum atomic E-state index is -0.315. The molecular weight excluding hydrogens is 298 g/mol. The van der Waals surface area contributed by atoms with Crippen molar-refractivity contribution in [3.63, 3.8) is 0 Å². The molecule has 0 saturated carbocycles. The van der Waals surface area contributed by atoms with E-state index in [1.807, 2.05) is 30.3 Å². The van der Waals surface area contributed by atoms with Gasteiger partial charge >= 0.3 is 5.97 Å². The van der Waals surface area contributed by atoms with Gasteiger partial charge in [0, 0.05) is 10.6 Å². The standard InChI is InChI=1S/C21H19NO2/c1-14-11-12-16-15-7-3-5-9-18(15)22(20(16)13-14)19-10-6-4-8-17(19)21(23)24-2/h3-10,12-14H,11H2,1-2H3. The quantitative estimate of drug-likeness (QED) is 0.680. The Bertz CT molecular complexity index is 1060. The highest BCUT2D eigenvalue weighted by Gasteiger charge is 2.18. The smallest absolute Gasteiger partial charge is 0.339 e. The van der Waals surface area contributed by atoms with E-state index in [4.69, 9.17) is 4.74 Å². The van der Waals surface area contributed by atoms with Crippen LogP contribution in [0.15, 0.2) is 48.5 Å². The van der Waals surface area contributed by atoms with Crippen molar-refractivity contribution >= 4 is 29.0 Å². The van der Waals surface area contributed by atoms with E-state index in [0.29, 0.717) is 11.5 Å². The maximum absolute atomic E-state index is 12.2. The Balaban J connectivity index is 2.16. The van der Waals surface area contributed by atoms with Gasteiger partial charge < -0.3 is 9.30 Å². The Morgan fingerprint density at radius 1 is 1.12 bits per heavy atom. The summed E-state index contributed by atoms with van der Waals surface area (Å²) in [6, 6.07) is 16.0. The molecule has 1 aromatic heterocycles. The summed E-state index contributed by atoms with van der Waals surface area (Å²) in [6.45, 7) is 2.22. The first-order chi connectivity index (χ1) is 11.7. The van der Waals surface area contributed by atoms with Crippen molar-refractivity contribution in [2.24, 2.45) is 5.92 Å². The number of ether oxygens (including phenoxy) is 1. The Labute approximate surface area is 140 Å². The Morgan fingerprint density at radius 2 is 1.88 bits per heavy atom. The van der Waals surface area contributed by atoms with E-state index in [2.05, 4.69) is 41.8 Å². The highest BCUT2D eigenvalue weighted by atomic mass is 16.5. The number of hydrogen-bond donors (Lipinski definition) is 0. The van der Waals surface area contributed by atoms with Crippen LogP contribution in [0.4, 0.5) is 0 Å². The number of fused-ring (bicyclic) bond motifs is 3. The first-order valence-electron chi connectivity index (χ1n) is 8.20. The van der Waals surface area contributed by atoms with Gasteiger partial charge in [0.2, 0.25) is 0 Å². The molecule has 0 spiro atoms. The number of hydrogen-bond acceptors (Lipinski definition) is 2. The number of rotatable bonds is 2. The van der Waals surface area contributed by atoms with Crippen LogP contribution >= 0.6 is 0 Å². The average molecular weight is 317 g/mol. The van der Waals surface area contributed by atoms with Gasteiger partial charge in [0.05, 0.1) is 29.2 Å². The van der Waals surface area contributed by atoms with Crippen LogP contribution < -0.4 is 10.6 Å². The first-order valence-corrected chi connectivity index (χ1v) is 8.20. The summed E-state index contributed by atoms with van der Waals surface area (Å²) in [5.41, 5.74) is 2.55. The fourth-order valence-corrected chi connectivity index (χ4v) is 3.52. The molecule has 1 atom stereocenters. The largest absolute Gasteiger partial charge is 0.465 e. The summed E-state index contributed by atoms with van der Waals surface area (Å²) in [7, 11) is 1.42. The molecule has 3 aromatic rings. The second-order valence-electron chi connectivity index (χ2n) is 6.24. The lowest BCUT2D eigenvalue weighted by Crippen LogP contribution is -2.32. The van der Waals surface area contributed by atoms with E-state index in [1.54, 1.807) is 0 Å². The van der Waals surface area contributed by atoms with Crippen LogP contribution in [0.25, 0.3) is 28.7 Å². The summed E-state index contributed by atoms with van der Waals surface area (Å²) >= 11 is 0. The van der Waals surface area contributed by atoms with Gasteiger partial charge in [-0.3, -0.25) is 0 Å². The van der Waals surface area contributed by atoms with Gasteiger partial charge in [-0.15, -0.1) is 0 Å². The van der Waals surface area contributed by atoms with Gasteiger partial charge in [0.15, 0.2) is 0 Å². The molecule has 0 aliphatic heterocycles. The molecule has 0 N–H and O–H groups in total. The number of para-hydroxylation sites is 2. The Hall–Kier alpha value is -2.81. The van der Waals surface area contributed by atoms with Gasteiger partial charge in [-0.05, 0) is 30.5 Å². The van der Waals surface area contributed by atoms with Gasteiger partial charge in [0.25, 0.3) is 0 Å². The highest BCUT2D eigenvalue weighted by molar-refractivity contribution is 5.95. The van der Waals surface area contributed by atoms with Crippen LogP contribution in [0.5, 0.6) is 0 Å². The Kier molecular flexibility index (Phi) is 3.49. The number of carbonyl (C=O) groups excluding carboxylic acids is 1. The number of methoxy groups -OCH3 is 1. The Morgan fingerprint density at radius 3 is 2.71 bits per heavy atom. The van der Waals surface area contributed by atoms with Gasteiger partial charge in [-0.1, -0.05) is 49.4 Å². The topological polar surface area (TPSA) is 31.2 Å². The molecule has 2 aromatic carbocycles. The molecule has 0 fully saturated rings. The summed E-state index contributed by atoms with van der Waals surface area (Å²) in [5.74, 6) is 0.163. The molecule has 0 radical (unpaired) electrons. The first kappa shape index (κ1) is 14.8. The summed E-state index contributed by atoms with van der Waals surface area (Å²) in [5, 5.41) is 3.63. The highest BCUT2D eigenvalue weighted by Crippen LogP contribution is 2.21. The van der Waals surface area contributed by atoms with E-state index < -0.39 is 0 Å². The number of esters is 1. The lowest BCUT2D eigenvalue weighted by Gasteiger charge is -2.13. The van der Waals surface area contributed by atoms with Crippen molar-refractivity contribution in [2.45, 2.75) is 13.3 Å². The van der Waals surface area contributed by atoms with E-state index in [9.17, 15) is 4.79 Å². The van der Waals surface area contributed by atoms with Crippen molar-refractivity contribution in [3.05, 3.63) is 64.7 Å². The minimum Gasteiger partial charge on any atom is -0.465 e. The zero-order valence-corrected chi connectivity index (χ0v) is 13.8. The molecule has 120 valence electrons. The number of benzene rings is 2. The summed E-state index contributed by atoms with van der Waals surface area (Å²) < 4.78 is 7.17. The third-order valence-corrected chi connectivity index (χ3v) is 4.64. The molecule has 3 heteroatoms. The third kappa shape index (κ3) is 2.16. The number of carbonyl (C=O) groups is 1. The van der Waals surface area contributed by atoms with Crippen LogP contribution in [-0.4, -0.2) is 17.6 Å².